The molecule has 1 fully saturated rings. The molecule has 1 aromatic carbocycles. The van der Waals surface area contributed by atoms with E-state index in [1.165, 1.54) is 25.3 Å². The van der Waals surface area contributed by atoms with Gasteiger partial charge < -0.3 is 14.8 Å². The Balaban J connectivity index is 2.31. The topological polar surface area (TPSA) is 83.4 Å². The van der Waals surface area contributed by atoms with Crippen LogP contribution in [0.1, 0.15) is 5.56 Å². The van der Waals surface area contributed by atoms with Gasteiger partial charge in [-0.2, -0.15) is 18.4 Å². The fourth-order valence-electron chi connectivity index (χ4n) is 1.98. The number of ether oxygens (including phenoxy) is 2. The quantitative estimate of drug-likeness (QED) is 0.867. The minimum absolute atomic E-state index is 0.0290. The molecule has 2 rings (SSSR count). The van der Waals surface area contributed by atoms with Crippen molar-refractivity contribution >= 4 is 5.91 Å². The molecule has 1 amide bonds. The number of carbonyl (C=O) groups is 1. The molecule has 2 unspecified atom stereocenters. The molecule has 2 atom stereocenters. The molecule has 1 heterocycles. The van der Waals surface area contributed by atoms with Gasteiger partial charge in [0.15, 0.2) is 6.04 Å². The molecule has 118 valence electrons. The SMILES string of the molecule is COc1ccc(OC2C(=O)NCNC2C(F)(F)F)c(C#N)c1. The highest BCUT2D eigenvalue weighted by Crippen LogP contribution is 2.29. The van der Waals surface area contributed by atoms with Crippen molar-refractivity contribution in [2.75, 3.05) is 13.8 Å². The van der Waals surface area contributed by atoms with E-state index >= 15 is 0 Å². The molecule has 0 radical (unpaired) electrons. The van der Waals surface area contributed by atoms with Gasteiger partial charge in [0, 0.05) is 6.07 Å². The number of alkyl halides is 3. The van der Waals surface area contributed by atoms with E-state index in [-0.39, 0.29) is 18.0 Å². The summed E-state index contributed by atoms with van der Waals surface area (Å²) in [5.74, 6) is -0.676. The maximum absolute atomic E-state index is 13.0. The van der Waals surface area contributed by atoms with E-state index in [0.29, 0.717) is 5.75 Å². The van der Waals surface area contributed by atoms with Crippen LogP contribution in [-0.4, -0.2) is 38.0 Å². The van der Waals surface area contributed by atoms with Gasteiger partial charge in [-0.25, -0.2) is 0 Å². The molecule has 6 nitrogen and oxygen atoms in total. The molecule has 0 spiro atoms. The Kier molecular flexibility index (Phi) is 4.42. The van der Waals surface area contributed by atoms with E-state index < -0.39 is 24.2 Å². The van der Waals surface area contributed by atoms with E-state index in [9.17, 15) is 18.0 Å². The summed E-state index contributed by atoms with van der Waals surface area (Å²) in [5.41, 5.74) is -0.0290. The lowest BCUT2D eigenvalue weighted by Crippen LogP contribution is -2.65. The highest BCUT2D eigenvalue weighted by atomic mass is 19.4. The first-order chi connectivity index (χ1) is 10.4. The first kappa shape index (κ1) is 15.9. The molecule has 22 heavy (non-hydrogen) atoms. The third kappa shape index (κ3) is 3.23. The van der Waals surface area contributed by atoms with Gasteiger partial charge >= 0.3 is 6.18 Å². The van der Waals surface area contributed by atoms with Crippen LogP contribution in [0.4, 0.5) is 13.2 Å². The lowest BCUT2D eigenvalue weighted by atomic mass is 10.1. The number of carbonyl (C=O) groups excluding carboxylic acids is 1. The second-order valence-electron chi connectivity index (χ2n) is 4.45. The molecule has 0 aromatic heterocycles. The predicted octanol–water partition coefficient (Wildman–Crippen LogP) is 0.922. The minimum Gasteiger partial charge on any atom is -0.497 e. The van der Waals surface area contributed by atoms with Crippen LogP contribution in [0.15, 0.2) is 18.2 Å². The van der Waals surface area contributed by atoms with E-state index in [2.05, 4.69) is 10.6 Å². The van der Waals surface area contributed by atoms with Crippen LogP contribution >= 0.6 is 0 Å². The second kappa shape index (κ2) is 6.11. The van der Waals surface area contributed by atoms with Crippen molar-refractivity contribution in [2.24, 2.45) is 0 Å². The molecule has 0 aliphatic carbocycles. The Morgan fingerprint density at radius 2 is 2.14 bits per heavy atom. The molecule has 1 aromatic rings. The van der Waals surface area contributed by atoms with Crippen LogP contribution in [0.3, 0.4) is 0 Å². The summed E-state index contributed by atoms with van der Waals surface area (Å²) in [7, 11) is 1.38. The lowest BCUT2D eigenvalue weighted by Gasteiger charge is -2.33. The molecule has 0 saturated carbocycles. The average molecular weight is 315 g/mol. The summed E-state index contributed by atoms with van der Waals surface area (Å²) in [4.78, 5) is 11.7. The number of rotatable bonds is 3. The summed E-state index contributed by atoms with van der Waals surface area (Å²) in [6.45, 7) is -0.309. The summed E-state index contributed by atoms with van der Waals surface area (Å²) < 4.78 is 49.0. The summed E-state index contributed by atoms with van der Waals surface area (Å²) in [6, 6.07) is 3.65. The molecule has 2 N–H and O–H groups in total. The number of nitrogens with zero attached hydrogens (tertiary/aromatic N) is 1. The number of hydrogen-bond donors (Lipinski definition) is 2. The van der Waals surface area contributed by atoms with Crippen LogP contribution in [-0.2, 0) is 4.79 Å². The first-order valence-corrected chi connectivity index (χ1v) is 6.19. The molecule has 1 aliphatic rings. The number of nitrogens with one attached hydrogen (secondary N) is 2. The fourth-order valence-corrected chi connectivity index (χ4v) is 1.98. The summed E-state index contributed by atoms with van der Waals surface area (Å²) in [6.07, 6.45) is -6.49. The van der Waals surface area contributed by atoms with Crippen molar-refractivity contribution in [3.05, 3.63) is 23.8 Å². The molecule has 1 saturated heterocycles. The van der Waals surface area contributed by atoms with Crippen molar-refractivity contribution in [3.8, 4) is 17.6 Å². The third-order valence-electron chi connectivity index (χ3n) is 3.06. The lowest BCUT2D eigenvalue weighted by molar-refractivity contribution is -0.184. The monoisotopic (exact) mass is 315 g/mol. The summed E-state index contributed by atoms with van der Waals surface area (Å²) >= 11 is 0. The van der Waals surface area contributed by atoms with Crippen LogP contribution in [0, 0.1) is 11.3 Å². The van der Waals surface area contributed by atoms with E-state index in [1.54, 1.807) is 6.07 Å². The number of methoxy groups -OCH3 is 1. The number of nitriles is 1. The van der Waals surface area contributed by atoms with Gasteiger partial charge in [-0.3, -0.25) is 10.1 Å². The maximum atomic E-state index is 13.0. The molecule has 0 bridgehead atoms. The van der Waals surface area contributed by atoms with Crippen molar-refractivity contribution in [1.82, 2.24) is 10.6 Å². The van der Waals surface area contributed by atoms with Gasteiger partial charge in [0.25, 0.3) is 5.91 Å². The number of amides is 1. The minimum atomic E-state index is -4.66. The average Bonchev–Trinajstić information content (AvgIpc) is 2.48. The van der Waals surface area contributed by atoms with E-state index in [1.807, 2.05) is 0 Å². The van der Waals surface area contributed by atoms with E-state index in [4.69, 9.17) is 14.7 Å². The van der Waals surface area contributed by atoms with Crippen LogP contribution < -0.4 is 20.1 Å². The Bertz CT molecular complexity index is 613. The highest BCUT2D eigenvalue weighted by Gasteiger charge is 2.50. The highest BCUT2D eigenvalue weighted by molar-refractivity contribution is 5.83. The predicted molar refractivity (Wildman–Crippen MR) is 68.1 cm³/mol. The van der Waals surface area contributed by atoms with Crippen LogP contribution in [0.2, 0.25) is 0 Å². The van der Waals surface area contributed by atoms with Crippen LogP contribution in [0.25, 0.3) is 0 Å². The fraction of sp³-hybridized carbons (Fsp3) is 0.385. The van der Waals surface area contributed by atoms with Crippen molar-refractivity contribution in [2.45, 2.75) is 18.3 Å². The normalized spacial score (nSPS) is 21.7. The standard InChI is InChI=1S/C13H12F3N3O3/c1-21-8-2-3-9(7(4-8)5-17)22-10-11(13(14,15)16)18-6-19-12(10)20/h2-4,10-11,18H,6H2,1H3,(H,19,20). The number of benzene rings is 1. The molecule has 9 heteroatoms. The zero-order chi connectivity index (χ0) is 16.3. The van der Waals surface area contributed by atoms with Crippen molar-refractivity contribution in [1.29, 1.82) is 5.26 Å². The third-order valence-corrected chi connectivity index (χ3v) is 3.06. The Morgan fingerprint density at radius 3 is 2.73 bits per heavy atom. The largest absolute Gasteiger partial charge is 0.497 e. The molecular formula is C13H12F3N3O3. The van der Waals surface area contributed by atoms with Gasteiger partial charge in [0.2, 0.25) is 6.10 Å². The number of hydrogen-bond acceptors (Lipinski definition) is 5. The Labute approximate surface area is 123 Å². The van der Waals surface area contributed by atoms with Gasteiger partial charge in [-0.1, -0.05) is 0 Å². The van der Waals surface area contributed by atoms with Gasteiger partial charge in [-0.15, -0.1) is 0 Å². The van der Waals surface area contributed by atoms with Crippen molar-refractivity contribution < 1.29 is 27.4 Å². The molecule has 1 aliphatic heterocycles. The Hall–Kier alpha value is -2.47. The van der Waals surface area contributed by atoms with Gasteiger partial charge in [0.1, 0.15) is 17.6 Å². The van der Waals surface area contributed by atoms with Gasteiger partial charge in [-0.05, 0) is 12.1 Å². The van der Waals surface area contributed by atoms with Gasteiger partial charge in [0.05, 0.1) is 19.3 Å². The summed E-state index contributed by atoms with van der Waals surface area (Å²) in [5, 5.41) is 13.4. The first-order valence-electron chi connectivity index (χ1n) is 6.19. The molecular weight excluding hydrogens is 303 g/mol. The zero-order valence-corrected chi connectivity index (χ0v) is 11.4. The number of halogens is 3. The smallest absolute Gasteiger partial charge is 0.408 e. The zero-order valence-electron chi connectivity index (χ0n) is 11.4. The second-order valence-corrected chi connectivity index (χ2v) is 4.45. The maximum Gasteiger partial charge on any atom is 0.408 e. The van der Waals surface area contributed by atoms with E-state index in [0.717, 1.165) is 0 Å². The van der Waals surface area contributed by atoms with Crippen LogP contribution in [0.5, 0.6) is 11.5 Å². The Morgan fingerprint density at radius 1 is 1.41 bits per heavy atom. The van der Waals surface area contributed by atoms with Crippen molar-refractivity contribution in [3.63, 3.8) is 0 Å².